The minimum Gasteiger partial charge on any atom is -0.481 e. The molecule has 1 aliphatic heterocycles. The van der Waals surface area contributed by atoms with Crippen molar-refractivity contribution >= 4 is 40.7 Å². The lowest BCUT2D eigenvalue weighted by Gasteiger charge is -2.44. The Kier molecular flexibility index (Phi) is 5.90. The summed E-state index contributed by atoms with van der Waals surface area (Å²) in [5.41, 5.74) is 8.41. The van der Waals surface area contributed by atoms with Crippen LogP contribution in [0.25, 0.3) is 0 Å². The standard InChI is InChI=1S/C25H28Cl2N2O4/c1-24(2)7-15-21(17(30)9-24)20(22-16(29-15)8-25(3,4)10-18(22)31)12-5-13(26)23(14(27)6-12)33-11-19(28)32/h5-6,20,29H,7-11H2,1-4H3,(H2,28,32). The SMILES string of the molecule is CC1(C)CC(=O)C2=C(C1)NC1=C(C(=O)CC(C)(C)C1)C2c1cc(Cl)c(OCC(N)=O)c(Cl)c1. The number of hydrogen-bond acceptors (Lipinski definition) is 5. The molecule has 1 heterocycles. The van der Waals surface area contributed by atoms with Crippen LogP contribution in [0.5, 0.6) is 5.75 Å². The van der Waals surface area contributed by atoms with Crippen molar-refractivity contribution in [2.75, 3.05) is 6.61 Å². The molecule has 6 nitrogen and oxygen atoms in total. The average molecular weight is 491 g/mol. The molecule has 0 spiro atoms. The molecule has 1 amide bonds. The fourth-order valence-electron chi connectivity index (χ4n) is 5.25. The number of carbonyl (C=O) groups is 3. The zero-order valence-electron chi connectivity index (χ0n) is 19.2. The van der Waals surface area contributed by atoms with Gasteiger partial charge in [0.2, 0.25) is 0 Å². The Bertz CT molecular complexity index is 1070. The number of nitrogens with one attached hydrogen (secondary N) is 1. The maximum absolute atomic E-state index is 13.4. The van der Waals surface area contributed by atoms with Crippen LogP contribution < -0.4 is 15.8 Å². The number of amides is 1. The normalized spacial score (nSPS) is 22.0. The maximum Gasteiger partial charge on any atom is 0.255 e. The molecule has 3 aliphatic rings. The Balaban J connectivity index is 1.87. The van der Waals surface area contributed by atoms with Gasteiger partial charge in [-0.25, -0.2) is 0 Å². The van der Waals surface area contributed by atoms with Crippen LogP contribution in [0.4, 0.5) is 0 Å². The molecule has 3 N–H and O–H groups in total. The molecule has 0 aromatic heterocycles. The highest BCUT2D eigenvalue weighted by atomic mass is 35.5. The first-order valence-electron chi connectivity index (χ1n) is 11.0. The van der Waals surface area contributed by atoms with Gasteiger partial charge < -0.3 is 15.8 Å². The highest BCUT2D eigenvalue weighted by Crippen LogP contribution is 2.52. The number of carbonyl (C=O) groups excluding carboxylic acids is 3. The Morgan fingerprint density at radius 2 is 1.42 bits per heavy atom. The van der Waals surface area contributed by atoms with E-state index in [1.54, 1.807) is 12.1 Å². The number of benzene rings is 1. The second-order valence-corrected chi connectivity index (χ2v) is 11.6. The summed E-state index contributed by atoms with van der Waals surface area (Å²) in [5.74, 6) is -1.03. The van der Waals surface area contributed by atoms with Crippen LogP contribution in [-0.4, -0.2) is 24.1 Å². The lowest BCUT2D eigenvalue weighted by atomic mass is 9.64. The number of dihydropyridines is 1. The first-order chi connectivity index (χ1) is 15.3. The van der Waals surface area contributed by atoms with E-state index in [9.17, 15) is 14.4 Å². The van der Waals surface area contributed by atoms with Crippen molar-refractivity contribution in [2.24, 2.45) is 16.6 Å². The molecule has 2 aliphatic carbocycles. The molecule has 4 rings (SSSR count). The van der Waals surface area contributed by atoms with Crippen molar-refractivity contribution in [2.45, 2.75) is 59.3 Å². The van der Waals surface area contributed by atoms with E-state index in [0.29, 0.717) is 42.4 Å². The summed E-state index contributed by atoms with van der Waals surface area (Å²) in [6, 6.07) is 3.32. The fourth-order valence-corrected chi connectivity index (χ4v) is 5.86. The third-order valence-corrected chi connectivity index (χ3v) is 6.99. The van der Waals surface area contributed by atoms with E-state index in [1.165, 1.54) is 0 Å². The molecule has 0 unspecified atom stereocenters. The minimum absolute atomic E-state index is 0.0178. The van der Waals surface area contributed by atoms with Gasteiger partial charge in [-0.05, 0) is 41.4 Å². The van der Waals surface area contributed by atoms with Crippen molar-refractivity contribution in [3.05, 3.63) is 50.3 Å². The largest absolute Gasteiger partial charge is 0.481 e. The number of primary amides is 1. The Morgan fingerprint density at radius 3 is 1.85 bits per heavy atom. The molecular weight excluding hydrogens is 463 g/mol. The topological polar surface area (TPSA) is 98.5 Å². The Hall–Kier alpha value is -2.31. The first-order valence-corrected chi connectivity index (χ1v) is 11.7. The van der Waals surface area contributed by atoms with Gasteiger partial charge in [-0.3, -0.25) is 14.4 Å². The molecule has 0 radical (unpaired) electrons. The van der Waals surface area contributed by atoms with Crippen molar-refractivity contribution in [1.82, 2.24) is 5.32 Å². The van der Waals surface area contributed by atoms with E-state index in [4.69, 9.17) is 33.7 Å². The van der Waals surface area contributed by atoms with E-state index < -0.39 is 11.8 Å². The van der Waals surface area contributed by atoms with Crippen LogP contribution in [0.2, 0.25) is 10.0 Å². The molecule has 1 aromatic carbocycles. The predicted octanol–water partition coefficient (Wildman–Crippen LogP) is 4.83. The van der Waals surface area contributed by atoms with E-state index in [2.05, 4.69) is 33.0 Å². The minimum atomic E-state index is -0.653. The van der Waals surface area contributed by atoms with Crippen molar-refractivity contribution < 1.29 is 19.1 Å². The molecule has 0 atom stereocenters. The van der Waals surface area contributed by atoms with Gasteiger partial charge >= 0.3 is 0 Å². The van der Waals surface area contributed by atoms with E-state index in [1.807, 2.05) is 0 Å². The smallest absolute Gasteiger partial charge is 0.255 e. The summed E-state index contributed by atoms with van der Waals surface area (Å²) in [6.45, 7) is 7.93. The zero-order chi connectivity index (χ0) is 24.3. The van der Waals surface area contributed by atoms with Gasteiger partial charge in [0.25, 0.3) is 5.91 Å². The van der Waals surface area contributed by atoms with Gasteiger partial charge in [-0.2, -0.15) is 0 Å². The molecule has 0 saturated carbocycles. The summed E-state index contributed by atoms with van der Waals surface area (Å²) in [6.07, 6.45) is 2.20. The second-order valence-electron chi connectivity index (χ2n) is 10.8. The van der Waals surface area contributed by atoms with Gasteiger partial charge in [0.1, 0.15) is 0 Å². The number of allylic oxidation sites excluding steroid dienone is 4. The maximum atomic E-state index is 13.4. The monoisotopic (exact) mass is 490 g/mol. The van der Waals surface area contributed by atoms with Crippen LogP contribution in [0.15, 0.2) is 34.7 Å². The van der Waals surface area contributed by atoms with Crippen LogP contribution >= 0.6 is 23.2 Å². The summed E-state index contributed by atoms with van der Waals surface area (Å²) >= 11 is 12.9. The van der Waals surface area contributed by atoms with Crippen LogP contribution in [0.3, 0.4) is 0 Å². The molecular formula is C25H28Cl2N2O4. The number of ketones is 2. The van der Waals surface area contributed by atoms with Gasteiger partial charge in [0.05, 0.1) is 10.0 Å². The predicted molar refractivity (Wildman–Crippen MR) is 127 cm³/mol. The molecule has 33 heavy (non-hydrogen) atoms. The average Bonchev–Trinajstić information content (AvgIpc) is 2.63. The highest BCUT2D eigenvalue weighted by molar-refractivity contribution is 6.37. The van der Waals surface area contributed by atoms with Crippen molar-refractivity contribution in [1.29, 1.82) is 0 Å². The van der Waals surface area contributed by atoms with Crippen molar-refractivity contribution in [3.63, 3.8) is 0 Å². The van der Waals surface area contributed by atoms with E-state index >= 15 is 0 Å². The molecule has 0 bridgehead atoms. The van der Waals surface area contributed by atoms with Crippen LogP contribution in [0.1, 0.15) is 64.9 Å². The van der Waals surface area contributed by atoms with E-state index in [0.717, 1.165) is 11.4 Å². The lowest BCUT2D eigenvalue weighted by Crippen LogP contribution is -2.42. The molecule has 0 fully saturated rings. The fraction of sp³-hybridized carbons (Fsp3) is 0.480. The van der Waals surface area contributed by atoms with Crippen LogP contribution in [-0.2, 0) is 14.4 Å². The summed E-state index contributed by atoms with van der Waals surface area (Å²) < 4.78 is 5.37. The molecule has 176 valence electrons. The van der Waals surface area contributed by atoms with Gasteiger partial charge in [-0.1, -0.05) is 50.9 Å². The number of halogens is 2. The number of Topliss-reactive ketones (excluding diaryl/α,β-unsaturated/α-hetero) is 2. The quantitative estimate of drug-likeness (QED) is 0.629. The van der Waals surface area contributed by atoms with Gasteiger partial charge in [-0.15, -0.1) is 0 Å². The molecule has 1 aromatic rings. The molecule has 0 saturated heterocycles. The van der Waals surface area contributed by atoms with Crippen molar-refractivity contribution in [3.8, 4) is 5.75 Å². The Morgan fingerprint density at radius 1 is 0.970 bits per heavy atom. The second kappa shape index (κ2) is 8.17. The number of ether oxygens (including phenoxy) is 1. The summed E-state index contributed by atoms with van der Waals surface area (Å²) in [5, 5.41) is 3.86. The zero-order valence-corrected chi connectivity index (χ0v) is 20.7. The highest BCUT2D eigenvalue weighted by Gasteiger charge is 2.46. The Labute approximate surface area is 203 Å². The van der Waals surface area contributed by atoms with Crippen LogP contribution in [0, 0.1) is 10.8 Å². The third-order valence-electron chi connectivity index (χ3n) is 6.43. The van der Waals surface area contributed by atoms with E-state index in [-0.39, 0.29) is 44.8 Å². The first kappa shape index (κ1) is 23.8. The summed E-state index contributed by atoms with van der Waals surface area (Å²) in [4.78, 5) is 37.9. The summed E-state index contributed by atoms with van der Waals surface area (Å²) in [7, 11) is 0. The molecule has 8 heteroatoms. The number of nitrogens with two attached hydrogens (primary N) is 1. The lowest BCUT2D eigenvalue weighted by molar-refractivity contribution is -0.120. The number of hydrogen-bond donors (Lipinski definition) is 2. The third kappa shape index (κ3) is 4.56. The number of rotatable bonds is 4. The van der Waals surface area contributed by atoms with Gasteiger partial charge in [0, 0.05) is 41.3 Å². The van der Waals surface area contributed by atoms with Gasteiger partial charge in [0.15, 0.2) is 23.9 Å².